The molecule has 0 atom stereocenters. The zero-order valence-corrected chi connectivity index (χ0v) is 20.0. The SMILES string of the molecule is COc1ccc(N2CCN(c3ncc4c(n3)CCN(Cc3ccc(Br)cc3)C4)CC2)cc1. The maximum absolute atomic E-state index is 5.27. The van der Waals surface area contributed by atoms with Crippen LogP contribution in [0.1, 0.15) is 16.8 Å². The number of fused-ring (bicyclic) bond motifs is 1. The van der Waals surface area contributed by atoms with Crippen LogP contribution in [0.5, 0.6) is 5.75 Å². The largest absolute Gasteiger partial charge is 0.497 e. The second-order valence-electron chi connectivity index (χ2n) is 8.40. The molecule has 3 aromatic rings. The van der Waals surface area contributed by atoms with E-state index in [1.54, 1.807) is 7.11 Å². The summed E-state index contributed by atoms with van der Waals surface area (Å²) >= 11 is 3.51. The first-order valence-corrected chi connectivity index (χ1v) is 11.9. The van der Waals surface area contributed by atoms with E-state index in [1.807, 2.05) is 18.3 Å². The summed E-state index contributed by atoms with van der Waals surface area (Å²) in [4.78, 5) is 16.9. The fourth-order valence-corrected chi connectivity index (χ4v) is 4.72. The molecular formula is C25H28BrN5O. The molecule has 3 heterocycles. The Labute approximate surface area is 198 Å². The minimum absolute atomic E-state index is 0.875. The van der Waals surface area contributed by atoms with Crippen LogP contribution in [0.2, 0.25) is 0 Å². The van der Waals surface area contributed by atoms with Gasteiger partial charge in [-0.25, -0.2) is 9.97 Å². The zero-order valence-electron chi connectivity index (χ0n) is 18.4. The third-order valence-electron chi connectivity index (χ3n) is 6.32. The molecule has 0 unspecified atom stereocenters. The maximum atomic E-state index is 5.27. The molecule has 1 fully saturated rings. The number of nitrogens with zero attached hydrogens (tertiary/aromatic N) is 5. The highest BCUT2D eigenvalue weighted by atomic mass is 79.9. The Bertz CT molecular complexity index is 1050. The van der Waals surface area contributed by atoms with E-state index in [-0.39, 0.29) is 0 Å². The lowest BCUT2D eigenvalue weighted by molar-refractivity contribution is 0.243. The lowest BCUT2D eigenvalue weighted by Gasteiger charge is -2.36. The van der Waals surface area contributed by atoms with Crippen LogP contribution in [0.4, 0.5) is 11.6 Å². The predicted octanol–water partition coefficient (Wildman–Crippen LogP) is 4.13. The van der Waals surface area contributed by atoms with E-state index in [9.17, 15) is 0 Å². The number of aromatic nitrogens is 2. The lowest BCUT2D eigenvalue weighted by atomic mass is 10.1. The fraction of sp³-hybridized carbons (Fsp3) is 0.360. The number of ether oxygens (including phenoxy) is 1. The number of benzene rings is 2. The normalized spacial score (nSPS) is 16.7. The summed E-state index contributed by atoms with van der Waals surface area (Å²) < 4.78 is 6.39. The van der Waals surface area contributed by atoms with Crippen molar-refractivity contribution in [3.05, 3.63) is 76.0 Å². The molecule has 0 bridgehead atoms. The van der Waals surface area contributed by atoms with E-state index in [2.05, 4.69) is 67.0 Å². The highest BCUT2D eigenvalue weighted by molar-refractivity contribution is 9.10. The van der Waals surface area contributed by atoms with Crippen molar-refractivity contribution in [3.8, 4) is 5.75 Å². The molecule has 1 saturated heterocycles. The molecule has 0 saturated carbocycles. The van der Waals surface area contributed by atoms with Crippen molar-refractivity contribution in [2.75, 3.05) is 49.6 Å². The van der Waals surface area contributed by atoms with Crippen LogP contribution in [-0.4, -0.2) is 54.7 Å². The van der Waals surface area contributed by atoms with E-state index >= 15 is 0 Å². The van der Waals surface area contributed by atoms with Crippen molar-refractivity contribution in [1.82, 2.24) is 14.9 Å². The average Bonchev–Trinajstić information content (AvgIpc) is 2.85. The van der Waals surface area contributed by atoms with Gasteiger partial charge in [-0.05, 0) is 42.0 Å². The molecule has 2 aliphatic heterocycles. The summed E-state index contributed by atoms with van der Waals surface area (Å²) in [5.74, 6) is 1.77. The van der Waals surface area contributed by atoms with Crippen molar-refractivity contribution in [2.24, 2.45) is 0 Å². The van der Waals surface area contributed by atoms with E-state index in [1.165, 1.54) is 22.5 Å². The summed E-state index contributed by atoms with van der Waals surface area (Å²) in [6, 6.07) is 16.9. The van der Waals surface area contributed by atoms with Crippen LogP contribution in [0.3, 0.4) is 0 Å². The van der Waals surface area contributed by atoms with Crippen LogP contribution in [-0.2, 0) is 19.5 Å². The van der Waals surface area contributed by atoms with Gasteiger partial charge in [0.25, 0.3) is 0 Å². The third kappa shape index (κ3) is 4.74. The van der Waals surface area contributed by atoms with Gasteiger partial charge in [-0.15, -0.1) is 0 Å². The van der Waals surface area contributed by atoms with Gasteiger partial charge in [-0.3, -0.25) is 4.90 Å². The summed E-state index contributed by atoms with van der Waals surface area (Å²) in [6.45, 7) is 6.70. The van der Waals surface area contributed by atoms with Gasteiger partial charge in [0, 0.05) is 74.2 Å². The zero-order chi connectivity index (χ0) is 21.9. The second-order valence-corrected chi connectivity index (χ2v) is 9.32. The molecule has 1 aromatic heterocycles. The first-order chi connectivity index (χ1) is 15.7. The number of anilines is 2. The Balaban J connectivity index is 1.19. The predicted molar refractivity (Wildman–Crippen MR) is 131 cm³/mol. The summed E-state index contributed by atoms with van der Waals surface area (Å²) in [6.07, 6.45) is 3.02. The number of methoxy groups -OCH3 is 1. The average molecular weight is 494 g/mol. The minimum Gasteiger partial charge on any atom is -0.497 e. The molecule has 166 valence electrons. The van der Waals surface area contributed by atoms with Crippen LogP contribution < -0.4 is 14.5 Å². The van der Waals surface area contributed by atoms with Gasteiger partial charge in [-0.2, -0.15) is 0 Å². The second kappa shape index (κ2) is 9.46. The van der Waals surface area contributed by atoms with Crippen LogP contribution in [0.25, 0.3) is 0 Å². The quantitative estimate of drug-likeness (QED) is 0.532. The summed E-state index contributed by atoms with van der Waals surface area (Å²) in [5.41, 5.74) is 5.04. The molecule has 0 N–H and O–H groups in total. The lowest BCUT2D eigenvalue weighted by Crippen LogP contribution is -2.47. The van der Waals surface area contributed by atoms with E-state index in [4.69, 9.17) is 14.7 Å². The Morgan fingerprint density at radius 1 is 0.906 bits per heavy atom. The molecular weight excluding hydrogens is 466 g/mol. The Morgan fingerprint density at radius 2 is 1.62 bits per heavy atom. The molecule has 0 radical (unpaired) electrons. The molecule has 2 aromatic carbocycles. The van der Waals surface area contributed by atoms with Crippen molar-refractivity contribution < 1.29 is 4.74 Å². The number of rotatable bonds is 5. The van der Waals surface area contributed by atoms with Crippen molar-refractivity contribution in [2.45, 2.75) is 19.5 Å². The van der Waals surface area contributed by atoms with Gasteiger partial charge in [0.15, 0.2) is 0 Å². The molecule has 0 spiro atoms. The molecule has 0 amide bonds. The highest BCUT2D eigenvalue weighted by Crippen LogP contribution is 2.24. The Kier molecular flexibility index (Phi) is 6.28. The first kappa shape index (κ1) is 21.2. The van der Waals surface area contributed by atoms with Crippen molar-refractivity contribution in [1.29, 1.82) is 0 Å². The van der Waals surface area contributed by atoms with E-state index < -0.39 is 0 Å². The topological polar surface area (TPSA) is 44.7 Å². The molecule has 6 nitrogen and oxygen atoms in total. The number of halogens is 1. The van der Waals surface area contributed by atoms with E-state index in [0.29, 0.717) is 0 Å². The number of piperazine rings is 1. The van der Waals surface area contributed by atoms with Gasteiger partial charge in [-0.1, -0.05) is 28.1 Å². The monoisotopic (exact) mass is 493 g/mol. The van der Waals surface area contributed by atoms with Crippen LogP contribution >= 0.6 is 15.9 Å². The van der Waals surface area contributed by atoms with Gasteiger partial charge in [0.1, 0.15) is 5.75 Å². The van der Waals surface area contributed by atoms with E-state index in [0.717, 1.165) is 68.4 Å². The molecule has 32 heavy (non-hydrogen) atoms. The van der Waals surface area contributed by atoms with Gasteiger partial charge >= 0.3 is 0 Å². The molecule has 5 rings (SSSR count). The Morgan fingerprint density at radius 3 is 2.34 bits per heavy atom. The number of hydrogen-bond acceptors (Lipinski definition) is 6. The summed E-state index contributed by atoms with van der Waals surface area (Å²) in [7, 11) is 1.70. The van der Waals surface area contributed by atoms with Gasteiger partial charge in [0.2, 0.25) is 5.95 Å². The van der Waals surface area contributed by atoms with Crippen LogP contribution in [0, 0.1) is 0 Å². The fourth-order valence-electron chi connectivity index (χ4n) is 4.46. The summed E-state index contributed by atoms with van der Waals surface area (Å²) in [5, 5.41) is 0. The Hall–Kier alpha value is -2.64. The number of hydrogen-bond donors (Lipinski definition) is 0. The third-order valence-corrected chi connectivity index (χ3v) is 6.85. The molecule has 0 aliphatic carbocycles. The standard InChI is InChI=1S/C25H28BrN5O/c1-32-23-8-6-22(7-9-23)30-12-14-31(15-13-30)25-27-16-20-18-29(11-10-24(20)28-25)17-19-2-4-21(26)5-3-19/h2-9,16H,10-15,17-18H2,1H3. The smallest absolute Gasteiger partial charge is 0.225 e. The highest BCUT2D eigenvalue weighted by Gasteiger charge is 2.23. The van der Waals surface area contributed by atoms with Crippen molar-refractivity contribution in [3.63, 3.8) is 0 Å². The van der Waals surface area contributed by atoms with Gasteiger partial charge in [0.05, 0.1) is 12.8 Å². The van der Waals surface area contributed by atoms with Crippen molar-refractivity contribution >= 4 is 27.6 Å². The molecule has 2 aliphatic rings. The molecule has 7 heteroatoms. The van der Waals surface area contributed by atoms with Crippen LogP contribution in [0.15, 0.2) is 59.2 Å². The maximum Gasteiger partial charge on any atom is 0.225 e. The minimum atomic E-state index is 0.875. The van der Waals surface area contributed by atoms with Gasteiger partial charge < -0.3 is 14.5 Å². The first-order valence-electron chi connectivity index (χ1n) is 11.1.